The summed E-state index contributed by atoms with van der Waals surface area (Å²) < 4.78 is 1.07. The summed E-state index contributed by atoms with van der Waals surface area (Å²) in [5.41, 5.74) is 5.72. The molecule has 0 aliphatic rings. The van der Waals surface area contributed by atoms with Gasteiger partial charge >= 0.3 is 0 Å². The minimum absolute atomic E-state index is 1.07. The standard InChI is InChI=1S/C23H17BrN2/c24-20-8-12-23(13-9-20)26(21-4-2-1-3-5-21)22-10-6-18(7-11-22)19-14-16-25-17-15-19/h1-17H. The minimum Gasteiger partial charge on any atom is -0.311 e. The van der Waals surface area contributed by atoms with E-state index in [4.69, 9.17) is 0 Å². The van der Waals surface area contributed by atoms with Crippen molar-refractivity contribution in [1.29, 1.82) is 0 Å². The van der Waals surface area contributed by atoms with E-state index in [0.29, 0.717) is 0 Å². The SMILES string of the molecule is Brc1ccc(N(c2ccccc2)c2ccc(-c3ccncc3)cc2)cc1. The van der Waals surface area contributed by atoms with Gasteiger partial charge in [-0.3, -0.25) is 4.98 Å². The lowest BCUT2D eigenvalue weighted by molar-refractivity contribution is 1.28. The molecule has 0 unspecified atom stereocenters. The second kappa shape index (κ2) is 7.54. The van der Waals surface area contributed by atoms with E-state index in [0.717, 1.165) is 21.5 Å². The summed E-state index contributed by atoms with van der Waals surface area (Å²) in [6, 6.07) is 31.5. The second-order valence-electron chi connectivity index (χ2n) is 5.93. The minimum atomic E-state index is 1.07. The van der Waals surface area contributed by atoms with Crippen LogP contribution < -0.4 is 4.90 Å². The molecule has 126 valence electrons. The molecular formula is C23H17BrN2. The van der Waals surface area contributed by atoms with Gasteiger partial charge < -0.3 is 4.90 Å². The second-order valence-corrected chi connectivity index (χ2v) is 6.85. The molecule has 0 radical (unpaired) electrons. The fourth-order valence-corrected chi connectivity index (χ4v) is 3.23. The Morgan fingerprint density at radius 1 is 0.538 bits per heavy atom. The number of benzene rings is 3. The van der Waals surface area contributed by atoms with Crippen LogP contribution in [0, 0.1) is 0 Å². The van der Waals surface area contributed by atoms with Crippen molar-refractivity contribution in [3.8, 4) is 11.1 Å². The Morgan fingerprint density at radius 3 is 1.65 bits per heavy atom. The third kappa shape index (κ3) is 3.53. The van der Waals surface area contributed by atoms with E-state index in [1.54, 1.807) is 0 Å². The Kier molecular flexibility index (Phi) is 4.80. The topological polar surface area (TPSA) is 16.1 Å². The molecule has 0 saturated carbocycles. The van der Waals surface area contributed by atoms with Gasteiger partial charge in [0.05, 0.1) is 0 Å². The van der Waals surface area contributed by atoms with Crippen LogP contribution in [0.4, 0.5) is 17.1 Å². The maximum atomic E-state index is 4.09. The Morgan fingerprint density at radius 2 is 1.04 bits per heavy atom. The van der Waals surface area contributed by atoms with Crippen LogP contribution in [-0.2, 0) is 0 Å². The number of halogens is 1. The molecule has 3 aromatic carbocycles. The van der Waals surface area contributed by atoms with Gasteiger partial charge in [-0.1, -0.05) is 46.3 Å². The van der Waals surface area contributed by atoms with Gasteiger partial charge in [-0.05, 0) is 71.8 Å². The van der Waals surface area contributed by atoms with Crippen molar-refractivity contribution < 1.29 is 0 Å². The van der Waals surface area contributed by atoms with Gasteiger partial charge in [-0.25, -0.2) is 0 Å². The summed E-state index contributed by atoms with van der Waals surface area (Å²) in [4.78, 5) is 6.34. The molecule has 4 rings (SSSR count). The number of rotatable bonds is 4. The molecule has 1 aromatic heterocycles. The number of aromatic nitrogens is 1. The summed E-state index contributed by atoms with van der Waals surface area (Å²) in [6.45, 7) is 0. The smallest absolute Gasteiger partial charge is 0.0462 e. The monoisotopic (exact) mass is 400 g/mol. The summed E-state index contributed by atoms with van der Waals surface area (Å²) in [5, 5.41) is 0. The van der Waals surface area contributed by atoms with Crippen LogP contribution in [-0.4, -0.2) is 4.98 Å². The van der Waals surface area contributed by atoms with Crippen molar-refractivity contribution in [2.24, 2.45) is 0 Å². The van der Waals surface area contributed by atoms with E-state index in [-0.39, 0.29) is 0 Å². The van der Waals surface area contributed by atoms with Gasteiger partial charge in [0.2, 0.25) is 0 Å². The molecule has 0 N–H and O–H groups in total. The highest BCUT2D eigenvalue weighted by atomic mass is 79.9. The fourth-order valence-electron chi connectivity index (χ4n) is 2.96. The van der Waals surface area contributed by atoms with Crippen LogP contribution in [0.25, 0.3) is 11.1 Å². The third-order valence-electron chi connectivity index (χ3n) is 4.24. The Hall–Kier alpha value is -2.91. The van der Waals surface area contributed by atoms with Crippen molar-refractivity contribution in [1.82, 2.24) is 4.98 Å². The molecule has 0 spiro atoms. The fraction of sp³-hybridized carbons (Fsp3) is 0. The zero-order chi connectivity index (χ0) is 17.8. The van der Waals surface area contributed by atoms with Crippen LogP contribution >= 0.6 is 15.9 Å². The maximum absolute atomic E-state index is 4.09. The summed E-state index contributed by atoms with van der Waals surface area (Å²) >= 11 is 3.52. The van der Waals surface area contributed by atoms with Crippen LogP contribution in [0.5, 0.6) is 0 Å². The highest BCUT2D eigenvalue weighted by molar-refractivity contribution is 9.10. The van der Waals surface area contributed by atoms with Crippen molar-refractivity contribution in [2.45, 2.75) is 0 Å². The third-order valence-corrected chi connectivity index (χ3v) is 4.77. The maximum Gasteiger partial charge on any atom is 0.0462 e. The molecule has 0 bridgehead atoms. The van der Waals surface area contributed by atoms with E-state index in [2.05, 4.69) is 98.6 Å². The average molecular weight is 401 g/mol. The van der Waals surface area contributed by atoms with Crippen molar-refractivity contribution in [3.63, 3.8) is 0 Å². The summed E-state index contributed by atoms with van der Waals surface area (Å²) in [6.07, 6.45) is 3.64. The molecule has 0 atom stereocenters. The first-order valence-corrected chi connectivity index (χ1v) is 9.22. The Bertz CT molecular complexity index is 966. The lowest BCUT2D eigenvalue weighted by Gasteiger charge is -2.25. The largest absolute Gasteiger partial charge is 0.311 e. The van der Waals surface area contributed by atoms with Crippen LogP contribution in [0.1, 0.15) is 0 Å². The average Bonchev–Trinajstić information content (AvgIpc) is 2.72. The lowest BCUT2D eigenvalue weighted by Crippen LogP contribution is -2.09. The predicted molar refractivity (Wildman–Crippen MR) is 112 cm³/mol. The summed E-state index contributed by atoms with van der Waals surface area (Å²) in [7, 11) is 0. The highest BCUT2D eigenvalue weighted by Gasteiger charge is 2.12. The van der Waals surface area contributed by atoms with Crippen LogP contribution in [0.15, 0.2) is 108 Å². The van der Waals surface area contributed by atoms with Gasteiger partial charge in [-0.15, -0.1) is 0 Å². The van der Waals surface area contributed by atoms with Crippen molar-refractivity contribution in [2.75, 3.05) is 4.90 Å². The predicted octanol–water partition coefficient (Wildman–Crippen LogP) is 6.98. The zero-order valence-electron chi connectivity index (χ0n) is 14.1. The van der Waals surface area contributed by atoms with E-state index < -0.39 is 0 Å². The van der Waals surface area contributed by atoms with Crippen LogP contribution in [0.2, 0.25) is 0 Å². The van der Waals surface area contributed by atoms with Gasteiger partial charge in [0.1, 0.15) is 0 Å². The van der Waals surface area contributed by atoms with E-state index in [1.807, 2.05) is 30.6 Å². The quantitative estimate of drug-likeness (QED) is 0.367. The first-order chi connectivity index (χ1) is 12.8. The van der Waals surface area contributed by atoms with Gasteiger partial charge in [-0.2, -0.15) is 0 Å². The number of para-hydroxylation sites is 1. The molecule has 0 fully saturated rings. The molecule has 0 aliphatic heterocycles. The number of nitrogens with zero attached hydrogens (tertiary/aromatic N) is 2. The Balaban J connectivity index is 1.76. The zero-order valence-corrected chi connectivity index (χ0v) is 15.7. The highest BCUT2D eigenvalue weighted by Crippen LogP contribution is 2.35. The number of hydrogen-bond donors (Lipinski definition) is 0. The van der Waals surface area contributed by atoms with E-state index >= 15 is 0 Å². The number of anilines is 3. The first-order valence-electron chi connectivity index (χ1n) is 8.42. The van der Waals surface area contributed by atoms with Crippen molar-refractivity contribution in [3.05, 3.63) is 108 Å². The first kappa shape index (κ1) is 16.6. The van der Waals surface area contributed by atoms with Gasteiger partial charge in [0.15, 0.2) is 0 Å². The van der Waals surface area contributed by atoms with Crippen molar-refractivity contribution >= 4 is 33.0 Å². The molecule has 1 heterocycles. The van der Waals surface area contributed by atoms with E-state index in [9.17, 15) is 0 Å². The molecule has 2 nitrogen and oxygen atoms in total. The molecule has 0 saturated heterocycles. The molecule has 4 aromatic rings. The van der Waals surface area contributed by atoms with Gasteiger partial charge in [0.25, 0.3) is 0 Å². The number of pyridine rings is 1. The van der Waals surface area contributed by atoms with Gasteiger partial charge in [0, 0.05) is 33.9 Å². The normalized spacial score (nSPS) is 10.5. The molecular weight excluding hydrogens is 384 g/mol. The summed E-state index contributed by atoms with van der Waals surface area (Å²) in [5.74, 6) is 0. The van der Waals surface area contributed by atoms with Crippen LogP contribution in [0.3, 0.4) is 0 Å². The molecule has 26 heavy (non-hydrogen) atoms. The van der Waals surface area contributed by atoms with E-state index in [1.165, 1.54) is 11.1 Å². The molecule has 0 amide bonds. The molecule has 0 aliphatic carbocycles. The number of hydrogen-bond acceptors (Lipinski definition) is 2. The molecule has 3 heteroatoms. The Labute approximate surface area is 161 Å². The lowest BCUT2D eigenvalue weighted by atomic mass is 10.1.